The van der Waals surface area contributed by atoms with Gasteiger partial charge in [0, 0.05) is 17.2 Å². The van der Waals surface area contributed by atoms with Crippen molar-refractivity contribution in [3.05, 3.63) is 56.1 Å². The molecule has 1 fully saturated rings. The lowest BCUT2D eigenvalue weighted by Gasteiger charge is -2.10. The van der Waals surface area contributed by atoms with Gasteiger partial charge in [0.2, 0.25) is 0 Å². The Kier molecular flexibility index (Phi) is 6.04. The minimum atomic E-state index is -0.689. The van der Waals surface area contributed by atoms with Gasteiger partial charge in [-0.3, -0.25) is 29.4 Å². The summed E-state index contributed by atoms with van der Waals surface area (Å²) in [6.07, 6.45) is 1.33. The van der Waals surface area contributed by atoms with Crippen molar-refractivity contribution in [3.8, 4) is 11.3 Å². The van der Waals surface area contributed by atoms with Crippen molar-refractivity contribution in [2.75, 3.05) is 13.2 Å². The van der Waals surface area contributed by atoms with Crippen LogP contribution in [-0.2, 0) is 14.3 Å². The number of nitro benzene ring substituents is 1. The Morgan fingerprint density at radius 2 is 2.10 bits per heavy atom. The fourth-order valence-electron chi connectivity index (χ4n) is 2.54. The molecule has 0 atom stereocenters. The van der Waals surface area contributed by atoms with Crippen LogP contribution in [0.5, 0.6) is 0 Å². The van der Waals surface area contributed by atoms with Gasteiger partial charge in [0.25, 0.3) is 16.8 Å². The van der Waals surface area contributed by atoms with E-state index in [9.17, 15) is 24.5 Å². The molecular weight excluding hydrogens is 424 g/mol. The first-order chi connectivity index (χ1) is 13.8. The molecule has 1 aromatic heterocycles. The van der Waals surface area contributed by atoms with Gasteiger partial charge < -0.3 is 9.15 Å². The Morgan fingerprint density at radius 1 is 1.34 bits per heavy atom. The van der Waals surface area contributed by atoms with E-state index in [1.165, 1.54) is 36.4 Å². The normalized spacial score (nSPS) is 15.2. The van der Waals surface area contributed by atoms with Crippen LogP contribution >= 0.6 is 23.4 Å². The number of nitro groups is 1. The van der Waals surface area contributed by atoms with Crippen molar-refractivity contribution in [3.63, 3.8) is 0 Å². The number of carbonyl (C=O) groups excluding carboxylic acids is 3. The number of esters is 1. The van der Waals surface area contributed by atoms with E-state index in [0.29, 0.717) is 11.8 Å². The van der Waals surface area contributed by atoms with Crippen LogP contribution in [0, 0.1) is 10.1 Å². The Balaban J connectivity index is 1.84. The quantitative estimate of drug-likeness (QED) is 0.287. The molecule has 1 aliphatic heterocycles. The first kappa shape index (κ1) is 20.6. The molecular formula is C18H13ClN2O7S. The molecule has 1 aromatic carbocycles. The number of rotatable bonds is 6. The van der Waals surface area contributed by atoms with Crippen LogP contribution in [0.2, 0.25) is 5.02 Å². The number of amides is 2. The minimum absolute atomic E-state index is 0.0609. The molecule has 1 aliphatic rings. The van der Waals surface area contributed by atoms with E-state index in [-0.39, 0.29) is 39.3 Å². The molecule has 0 radical (unpaired) electrons. The Labute approximate surface area is 173 Å². The van der Waals surface area contributed by atoms with Gasteiger partial charge in [-0.1, -0.05) is 11.6 Å². The highest BCUT2D eigenvalue weighted by molar-refractivity contribution is 8.18. The van der Waals surface area contributed by atoms with Crippen LogP contribution in [0.3, 0.4) is 0 Å². The van der Waals surface area contributed by atoms with Crippen molar-refractivity contribution in [2.45, 2.75) is 6.92 Å². The highest BCUT2D eigenvalue weighted by atomic mass is 35.5. The van der Waals surface area contributed by atoms with Crippen LogP contribution < -0.4 is 0 Å². The predicted molar refractivity (Wildman–Crippen MR) is 105 cm³/mol. The summed E-state index contributed by atoms with van der Waals surface area (Å²) in [6, 6.07) is 7.17. The van der Waals surface area contributed by atoms with Gasteiger partial charge in [-0.25, -0.2) is 0 Å². The van der Waals surface area contributed by atoms with Gasteiger partial charge >= 0.3 is 5.97 Å². The molecule has 0 unspecified atom stereocenters. The zero-order valence-electron chi connectivity index (χ0n) is 14.9. The Bertz CT molecular complexity index is 1050. The molecule has 2 aromatic rings. The van der Waals surface area contributed by atoms with Gasteiger partial charge in [-0.15, -0.1) is 0 Å². The number of thioether (sulfide) groups is 1. The van der Waals surface area contributed by atoms with E-state index in [0.717, 1.165) is 4.90 Å². The van der Waals surface area contributed by atoms with Gasteiger partial charge in [0.1, 0.15) is 18.1 Å². The second kappa shape index (κ2) is 8.50. The summed E-state index contributed by atoms with van der Waals surface area (Å²) >= 11 is 6.47. The van der Waals surface area contributed by atoms with Crippen LogP contribution in [0.15, 0.2) is 39.7 Å². The molecule has 0 bridgehead atoms. The van der Waals surface area contributed by atoms with Crippen molar-refractivity contribution in [1.29, 1.82) is 0 Å². The number of carbonyl (C=O) groups is 3. The van der Waals surface area contributed by atoms with E-state index >= 15 is 0 Å². The van der Waals surface area contributed by atoms with Crippen molar-refractivity contribution >= 4 is 52.2 Å². The lowest BCUT2D eigenvalue weighted by molar-refractivity contribution is -0.384. The lowest BCUT2D eigenvalue weighted by atomic mass is 10.1. The fraction of sp³-hybridized carbons (Fsp3) is 0.167. The van der Waals surface area contributed by atoms with E-state index in [1.54, 1.807) is 6.92 Å². The van der Waals surface area contributed by atoms with Gasteiger partial charge in [0.05, 0.1) is 22.0 Å². The zero-order valence-corrected chi connectivity index (χ0v) is 16.5. The third kappa shape index (κ3) is 4.49. The lowest BCUT2D eigenvalue weighted by Crippen LogP contribution is -2.34. The summed E-state index contributed by atoms with van der Waals surface area (Å²) in [5.74, 6) is -0.925. The number of imide groups is 1. The van der Waals surface area contributed by atoms with Gasteiger partial charge in [-0.2, -0.15) is 0 Å². The minimum Gasteiger partial charge on any atom is -0.465 e. The smallest absolute Gasteiger partial charge is 0.326 e. The molecule has 1 saturated heterocycles. The molecule has 0 saturated carbocycles. The molecule has 11 heteroatoms. The molecule has 3 rings (SSSR count). The third-order valence-corrected chi connectivity index (χ3v) is 4.93. The Hall–Kier alpha value is -3.11. The third-order valence-electron chi connectivity index (χ3n) is 3.79. The summed E-state index contributed by atoms with van der Waals surface area (Å²) in [7, 11) is 0. The molecule has 0 aliphatic carbocycles. The zero-order chi connectivity index (χ0) is 21.1. The summed E-state index contributed by atoms with van der Waals surface area (Å²) in [5, 5.41) is 10.9. The number of hydrogen-bond acceptors (Lipinski definition) is 8. The molecule has 0 N–H and O–H groups in total. The molecule has 0 spiro atoms. The number of halogens is 1. The summed E-state index contributed by atoms with van der Waals surface area (Å²) in [5.41, 5.74) is -0.0115. The highest BCUT2D eigenvalue weighted by Gasteiger charge is 2.37. The van der Waals surface area contributed by atoms with E-state index < -0.39 is 28.6 Å². The second-order valence-electron chi connectivity index (χ2n) is 5.69. The monoisotopic (exact) mass is 436 g/mol. The average Bonchev–Trinajstić information content (AvgIpc) is 3.22. The van der Waals surface area contributed by atoms with Crippen LogP contribution in [0.4, 0.5) is 10.5 Å². The summed E-state index contributed by atoms with van der Waals surface area (Å²) < 4.78 is 10.3. The second-order valence-corrected chi connectivity index (χ2v) is 7.12. The molecule has 2 heterocycles. The first-order valence-corrected chi connectivity index (χ1v) is 9.44. The summed E-state index contributed by atoms with van der Waals surface area (Å²) in [4.78, 5) is 47.4. The largest absolute Gasteiger partial charge is 0.465 e. The predicted octanol–water partition coefficient (Wildman–Crippen LogP) is 4.11. The number of nitrogens with zero attached hydrogens (tertiary/aromatic N) is 2. The SMILES string of the molecule is CCOC(=O)CN1C(=O)S/C(=C\c2ccc(-c3ccc(Cl)cc3[N+](=O)[O-])o2)C1=O. The van der Waals surface area contributed by atoms with Crippen molar-refractivity contribution in [2.24, 2.45) is 0 Å². The average molecular weight is 437 g/mol. The maximum absolute atomic E-state index is 12.4. The van der Waals surface area contributed by atoms with Crippen LogP contribution in [0.1, 0.15) is 12.7 Å². The van der Waals surface area contributed by atoms with E-state index in [4.69, 9.17) is 20.8 Å². The summed E-state index contributed by atoms with van der Waals surface area (Å²) in [6.45, 7) is 1.28. The Morgan fingerprint density at radius 3 is 2.79 bits per heavy atom. The van der Waals surface area contributed by atoms with Crippen LogP contribution in [0.25, 0.3) is 17.4 Å². The van der Waals surface area contributed by atoms with Gasteiger partial charge in [0.15, 0.2) is 0 Å². The topological polar surface area (TPSA) is 120 Å². The van der Waals surface area contributed by atoms with E-state index in [2.05, 4.69) is 0 Å². The molecule has 150 valence electrons. The number of ether oxygens (including phenoxy) is 1. The highest BCUT2D eigenvalue weighted by Crippen LogP contribution is 2.36. The van der Waals surface area contributed by atoms with E-state index in [1.807, 2.05) is 0 Å². The molecule has 29 heavy (non-hydrogen) atoms. The van der Waals surface area contributed by atoms with Crippen LogP contribution in [-0.4, -0.2) is 40.1 Å². The van der Waals surface area contributed by atoms with Gasteiger partial charge in [-0.05, 0) is 43.0 Å². The maximum atomic E-state index is 12.4. The number of hydrogen-bond donors (Lipinski definition) is 0. The number of furan rings is 1. The fourth-order valence-corrected chi connectivity index (χ4v) is 3.53. The molecule has 2 amide bonds. The standard InChI is InChI=1S/C18H13ClN2O7S/c1-2-27-16(22)9-20-17(23)15(29-18(20)24)8-11-4-6-14(28-11)12-5-3-10(19)7-13(12)21(25)26/h3-8H,2,9H2,1H3/b15-8-. The molecule has 9 nitrogen and oxygen atoms in total. The number of benzene rings is 1. The first-order valence-electron chi connectivity index (χ1n) is 8.25. The maximum Gasteiger partial charge on any atom is 0.326 e. The van der Waals surface area contributed by atoms with Crippen molar-refractivity contribution < 1.29 is 28.5 Å². The van der Waals surface area contributed by atoms with Crippen molar-refractivity contribution in [1.82, 2.24) is 4.90 Å².